The number of piperidine rings is 1. The minimum Gasteiger partial charge on any atom is -0.342 e. The van der Waals surface area contributed by atoms with Crippen LogP contribution in [0.2, 0.25) is 0 Å². The number of carbonyl (C=O) groups excluding carboxylic acids is 2. The molecule has 0 radical (unpaired) electrons. The van der Waals surface area contributed by atoms with Crippen LogP contribution in [-0.4, -0.2) is 59.6 Å². The molecule has 1 aromatic rings. The zero-order chi connectivity index (χ0) is 24.4. The van der Waals surface area contributed by atoms with Gasteiger partial charge in [0.25, 0.3) is 0 Å². The fraction of sp³-hybridized carbons (Fsp3) is 0.586. The van der Waals surface area contributed by atoms with Gasteiger partial charge in [-0.1, -0.05) is 42.5 Å². The molecule has 3 aliphatic heterocycles. The highest BCUT2D eigenvalue weighted by Gasteiger charge is 2.59. The van der Waals surface area contributed by atoms with Crippen molar-refractivity contribution in [3.63, 3.8) is 0 Å². The van der Waals surface area contributed by atoms with Gasteiger partial charge >= 0.3 is 0 Å². The summed E-state index contributed by atoms with van der Waals surface area (Å²) in [5.74, 6) is 1.73. The van der Waals surface area contributed by atoms with Crippen molar-refractivity contribution in [2.75, 3.05) is 26.2 Å². The summed E-state index contributed by atoms with van der Waals surface area (Å²) in [5.41, 5.74) is 3.00. The topological polar surface area (TPSA) is 64.7 Å². The van der Waals surface area contributed by atoms with Gasteiger partial charge in [-0.25, -0.2) is 4.39 Å². The molecule has 5 atom stereocenters. The number of rotatable bonds is 5. The third kappa shape index (κ3) is 4.01. The standard InChI is InChI=1S/C29H35FN4O2/c30-25-14-24-13-22(7-8-23(24)15-31-25)19-1-3-20(4-2-19)26-32-29(10-11-29)28(36)34(26)17-18-9-12-33(16-18)27(35)21-5-6-21/h1-4,7-8,13,18,21,23-26,31-32H,5-6,9-12,14-17H2/t18-,23?,24?,25?,26?/m1/s1. The van der Waals surface area contributed by atoms with Crippen LogP contribution in [0.5, 0.6) is 0 Å². The third-order valence-electron chi connectivity index (χ3n) is 9.20. The molecule has 7 rings (SSSR count). The first-order valence-corrected chi connectivity index (χ1v) is 13.7. The second-order valence-corrected chi connectivity index (χ2v) is 11.8. The van der Waals surface area contributed by atoms with Gasteiger partial charge in [-0.15, -0.1) is 0 Å². The van der Waals surface area contributed by atoms with Gasteiger partial charge in [-0.2, -0.15) is 0 Å². The van der Waals surface area contributed by atoms with Gasteiger partial charge in [0.05, 0.1) is 0 Å². The van der Waals surface area contributed by atoms with Crippen molar-refractivity contribution in [2.24, 2.45) is 23.7 Å². The largest absolute Gasteiger partial charge is 0.342 e. The van der Waals surface area contributed by atoms with Crippen molar-refractivity contribution < 1.29 is 14.0 Å². The molecule has 4 unspecified atom stereocenters. The van der Waals surface area contributed by atoms with E-state index in [2.05, 4.69) is 53.1 Å². The molecule has 3 heterocycles. The highest BCUT2D eigenvalue weighted by atomic mass is 19.1. The maximum atomic E-state index is 13.9. The van der Waals surface area contributed by atoms with E-state index in [1.54, 1.807) is 0 Å². The van der Waals surface area contributed by atoms with Crippen LogP contribution in [0.1, 0.15) is 55.8 Å². The van der Waals surface area contributed by atoms with Crippen molar-refractivity contribution in [1.82, 2.24) is 20.4 Å². The summed E-state index contributed by atoms with van der Waals surface area (Å²) < 4.78 is 13.9. The molecular formula is C29H35FN4O2. The first kappa shape index (κ1) is 22.7. The highest BCUT2D eigenvalue weighted by Crippen LogP contribution is 2.46. The molecule has 6 nitrogen and oxygen atoms in total. The Morgan fingerprint density at radius 3 is 2.67 bits per heavy atom. The first-order valence-electron chi connectivity index (χ1n) is 13.7. The van der Waals surface area contributed by atoms with Crippen LogP contribution in [0.4, 0.5) is 4.39 Å². The Morgan fingerprint density at radius 1 is 1.11 bits per heavy atom. The van der Waals surface area contributed by atoms with E-state index in [4.69, 9.17) is 0 Å². The second kappa shape index (κ2) is 8.52. The number of halogens is 1. The first-order chi connectivity index (χ1) is 17.5. The predicted octanol–water partition coefficient (Wildman–Crippen LogP) is 3.38. The van der Waals surface area contributed by atoms with E-state index < -0.39 is 6.30 Å². The van der Waals surface area contributed by atoms with E-state index in [0.717, 1.165) is 61.9 Å². The number of hydrogen-bond acceptors (Lipinski definition) is 4. The predicted molar refractivity (Wildman–Crippen MR) is 135 cm³/mol. The van der Waals surface area contributed by atoms with Gasteiger partial charge in [-0.3, -0.25) is 20.2 Å². The van der Waals surface area contributed by atoms with Crippen LogP contribution in [0.15, 0.2) is 42.5 Å². The average Bonchev–Trinajstić information content (AvgIpc) is 3.82. The van der Waals surface area contributed by atoms with E-state index in [1.807, 2.05) is 9.80 Å². The van der Waals surface area contributed by atoms with Crippen molar-refractivity contribution in [3.05, 3.63) is 53.6 Å². The molecule has 2 saturated carbocycles. The van der Waals surface area contributed by atoms with Crippen LogP contribution in [0.25, 0.3) is 5.57 Å². The van der Waals surface area contributed by atoms with Gasteiger partial charge in [0.1, 0.15) is 11.7 Å². The van der Waals surface area contributed by atoms with E-state index in [1.165, 1.54) is 0 Å². The molecule has 190 valence electrons. The lowest BCUT2D eigenvalue weighted by atomic mass is 9.80. The Hall–Kier alpha value is -2.51. The summed E-state index contributed by atoms with van der Waals surface area (Å²) in [5, 5.41) is 6.58. The van der Waals surface area contributed by atoms with Crippen LogP contribution in [0.3, 0.4) is 0 Å². The van der Waals surface area contributed by atoms with Crippen molar-refractivity contribution >= 4 is 17.4 Å². The smallest absolute Gasteiger partial charge is 0.244 e. The highest BCUT2D eigenvalue weighted by molar-refractivity contribution is 5.92. The normalized spacial score (nSPS) is 34.8. The quantitative estimate of drug-likeness (QED) is 0.622. The Labute approximate surface area is 212 Å². The number of nitrogens with zero attached hydrogens (tertiary/aromatic N) is 2. The van der Waals surface area contributed by atoms with Gasteiger partial charge in [-0.05, 0) is 73.0 Å². The summed E-state index contributed by atoms with van der Waals surface area (Å²) >= 11 is 0. The number of carbonyl (C=O) groups is 2. The molecule has 0 aromatic heterocycles. The number of alkyl halides is 1. The molecular weight excluding hydrogens is 455 g/mol. The molecule has 3 saturated heterocycles. The van der Waals surface area contributed by atoms with Crippen LogP contribution >= 0.6 is 0 Å². The number of fused-ring (bicyclic) bond motifs is 1. The Morgan fingerprint density at radius 2 is 1.92 bits per heavy atom. The monoisotopic (exact) mass is 490 g/mol. The summed E-state index contributed by atoms with van der Waals surface area (Å²) in [6.07, 6.45) is 10.9. The molecule has 6 aliphatic rings. The molecule has 0 bridgehead atoms. The zero-order valence-electron chi connectivity index (χ0n) is 20.7. The maximum absolute atomic E-state index is 13.9. The third-order valence-corrected chi connectivity index (χ3v) is 9.20. The van der Waals surface area contributed by atoms with Gasteiger partial charge in [0.15, 0.2) is 6.30 Å². The number of benzene rings is 1. The van der Waals surface area contributed by atoms with Gasteiger partial charge in [0.2, 0.25) is 11.8 Å². The molecule has 5 fully saturated rings. The Bertz CT molecular complexity index is 1120. The zero-order valence-corrected chi connectivity index (χ0v) is 20.7. The number of hydrogen-bond donors (Lipinski definition) is 2. The number of amides is 2. The fourth-order valence-electron chi connectivity index (χ4n) is 6.66. The number of nitrogens with one attached hydrogen (secondary N) is 2. The second-order valence-electron chi connectivity index (χ2n) is 11.8. The van der Waals surface area contributed by atoms with Crippen LogP contribution < -0.4 is 10.6 Å². The summed E-state index contributed by atoms with van der Waals surface area (Å²) in [4.78, 5) is 30.0. The SMILES string of the molecule is O=C(C1CC1)N1CC[C@@H](CN2C(=O)C3(CC3)NC2c2ccc(C3=CC4CC(F)NCC4C=C3)cc2)C1. The lowest BCUT2D eigenvalue weighted by molar-refractivity contribution is -0.131. The maximum Gasteiger partial charge on any atom is 0.244 e. The van der Waals surface area contributed by atoms with Crippen molar-refractivity contribution in [3.8, 4) is 0 Å². The van der Waals surface area contributed by atoms with Crippen molar-refractivity contribution in [1.29, 1.82) is 0 Å². The van der Waals surface area contributed by atoms with E-state index in [-0.39, 0.29) is 29.4 Å². The Kier molecular flexibility index (Phi) is 5.37. The lowest BCUT2D eigenvalue weighted by Gasteiger charge is -2.33. The van der Waals surface area contributed by atoms with Gasteiger partial charge < -0.3 is 9.80 Å². The summed E-state index contributed by atoms with van der Waals surface area (Å²) in [7, 11) is 0. The van der Waals surface area contributed by atoms with Crippen molar-refractivity contribution in [2.45, 2.75) is 56.5 Å². The van der Waals surface area contributed by atoms with Gasteiger partial charge in [0, 0.05) is 32.1 Å². The van der Waals surface area contributed by atoms with Crippen LogP contribution in [-0.2, 0) is 9.59 Å². The Balaban J connectivity index is 1.07. The fourth-order valence-corrected chi connectivity index (χ4v) is 6.66. The minimum absolute atomic E-state index is 0.126. The number of likely N-dealkylation sites (tertiary alicyclic amines) is 1. The molecule has 2 N–H and O–H groups in total. The van der Waals surface area contributed by atoms with Crippen LogP contribution in [0, 0.1) is 23.7 Å². The average molecular weight is 491 g/mol. The molecule has 7 heteroatoms. The molecule has 1 spiro atoms. The van der Waals surface area contributed by atoms with E-state index >= 15 is 0 Å². The summed E-state index contributed by atoms with van der Waals surface area (Å²) in [6, 6.07) is 8.53. The molecule has 1 aromatic carbocycles. The van der Waals surface area contributed by atoms with E-state index in [0.29, 0.717) is 37.3 Å². The summed E-state index contributed by atoms with van der Waals surface area (Å²) in [6.45, 7) is 2.99. The van der Waals surface area contributed by atoms with E-state index in [9.17, 15) is 14.0 Å². The molecule has 3 aliphatic carbocycles. The number of allylic oxidation sites excluding steroid dienone is 3. The molecule has 36 heavy (non-hydrogen) atoms. The molecule has 2 amide bonds. The lowest BCUT2D eigenvalue weighted by Crippen LogP contribution is -2.41. The minimum atomic E-state index is -0.928.